The van der Waals surface area contributed by atoms with Crippen molar-refractivity contribution >= 4 is 17.5 Å². The number of carbonyl (C=O) groups excluding carboxylic acids is 1. The largest absolute Gasteiger partial charge is 0.439 e. The molecule has 0 saturated heterocycles. The summed E-state index contributed by atoms with van der Waals surface area (Å²) in [5.74, 6) is 1.24. The van der Waals surface area contributed by atoms with Gasteiger partial charge in [0.15, 0.2) is 0 Å². The van der Waals surface area contributed by atoms with Crippen molar-refractivity contribution in [2.24, 2.45) is 7.05 Å². The van der Waals surface area contributed by atoms with Gasteiger partial charge in [0, 0.05) is 25.2 Å². The van der Waals surface area contributed by atoms with Crippen LogP contribution in [0.4, 0.5) is 0 Å². The molecule has 0 fully saturated rings. The summed E-state index contributed by atoms with van der Waals surface area (Å²) >= 11 is 5.95. The van der Waals surface area contributed by atoms with Gasteiger partial charge in [0.2, 0.25) is 5.88 Å². The molecule has 9 heteroatoms. The van der Waals surface area contributed by atoms with Crippen LogP contribution < -0.4 is 10.1 Å². The van der Waals surface area contributed by atoms with Crippen LogP contribution in [0.15, 0.2) is 28.8 Å². The molecule has 29 heavy (non-hydrogen) atoms. The highest BCUT2D eigenvalue weighted by Gasteiger charge is 2.28. The van der Waals surface area contributed by atoms with E-state index < -0.39 is 0 Å². The van der Waals surface area contributed by atoms with E-state index in [1.807, 2.05) is 25.9 Å². The van der Waals surface area contributed by atoms with Gasteiger partial charge in [-0.2, -0.15) is 5.10 Å². The number of aromatic nitrogens is 3. The number of nitrogens with zero attached hydrogens (tertiary/aromatic N) is 4. The Morgan fingerprint density at radius 2 is 1.97 bits per heavy atom. The number of benzene rings is 1. The monoisotopic (exact) mass is 417 g/mol. The van der Waals surface area contributed by atoms with Gasteiger partial charge in [0.1, 0.15) is 22.8 Å². The zero-order valence-corrected chi connectivity index (χ0v) is 17.9. The summed E-state index contributed by atoms with van der Waals surface area (Å²) in [4.78, 5) is 14.8. The van der Waals surface area contributed by atoms with Gasteiger partial charge in [0.05, 0.1) is 11.3 Å². The van der Waals surface area contributed by atoms with Gasteiger partial charge >= 0.3 is 0 Å². The Bertz CT molecular complexity index is 1010. The lowest BCUT2D eigenvalue weighted by atomic mass is 10.1. The second-order valence-electron chi connectivity index (χ2n) is 6.97. The molecular formula is C20H24ClN5O3. The Kier molecular flexibility index (Phi) is 6.24. The average molecular weight is 418 g/mol. The van der Waals surface area contributed by atoms with Crippen molar-refractivity contribution in [1.29, 1.82) is 0 Å². The first-order valence-electron chi connectivity index (χ1n) is 9.14. The van der Waals surface area contributed by atoms with E-state index in [0.717, 1.165) is 6.54 Å². The number of aryl methyl sites for hydroxylation is 3. The second kappa shape index (κ2) is 8.67. The lowest BCUT2D eigenvalue weighted by Crippen LogP contribution is -2.31. The van der Waals surface area contributed by atoms with Crippen LogP contribution in [0.3, 0.4) is 0 Å². The fourth-order valence-corrected chi connectivity index (χ4v) is 3.06. The summed E-state index contributed by atoms with van der Waals surface area (Å²) in [7, 11) is 5.66. The van der Waals surface area contributed by atoms with Crippen LogP contribution in [0, 0.1) is 13.8 Å². The third-order valence-corrected chi connectivity index (χ3v) is 4.62. The molecule has 0 aliphatic carbocycles. The van der Waals surface area contributed by atoms with Crippen LogP contribution in [0.1, 0.15) is 21.8 Å². The molecule has 2 heterocycles. The van der Waals surface area contributed by atoms with Crippen LogP contribution in [0.2, 0.25) is 5.02 Å². The molecule has 0 unspecified atom stereocenters. The summed E-state index contributed by atoms with van der Waals surface area (Å²) in [5, 5.41) is 12.1. The Balaban J connectivity index is 1.97. The maximum atomic E-state index is 12.8. The van der Waals surface area contributed by atoms with Gasteiger partial charge < -0.3 is 19.5 Å². The van der Waals surface area contributed by atoms with Crippen LogP contribution in [-0.2, 0) is 7.05 Å². The molecule has 0 radical (unpaired) electrons. The topological polar surface area (TPSA) is 85.4 Å². The smallest absolute Gasteiger partial charge is 0.257 e. The summed E-state index contributed by atoms with van der Waals surface area (Å²) in [6, 6.07) is 7.00. The van der Waals surface area contributed by atoms with Crippen LogP contribution in [0.5, 0.6) is 11.6 Å². The van der Waals surface area contributed by atoms with Gasteiger partial charge in [-0.3, -0.25) is 4.79 Å². The molecule has 2 aromatic heterocycles. The van der Waals surface area contributed by atoms with Gasteiger partial charge in [0.25, 0.3) is 5.91 Å². The second-order valence-corrected chi connectivity index (χ2v) is 7.40. The molecule has 1 aromatic carbocycles. The maximum absolute atomic E-state index is 12.8. The van der Waals surface area contributed by atoms with Crippen molar-refractivity contribution < 1.29 is 14.1 Å². The van der Waals surface area contributed by atoms with Crippen LogP contribution >= 0.6 is 11.6 Å². The molecule has 1 amide bonds. The highest BCUT2D eigenvalue weighted by molar-refractivity contribution is 6.30. The molecule has 8 nitrogen and oxygen atoms in total. The van der Waals surface area contributed by atoms with Crippen LogP contribution in [0.25, 0.3) is 11.3 Å². The summed E-state index contributed by atoms with van der Waals surface area (Å²) in [6.07, 6.45) is 0. The molecular weight excluding hydrogens is 394 g/mol. The molecule has 1 N–H and O–H groups in total. The van der Waals surface area contributed by atoms with Crippen molar-refractivity contribution in [3.8, 4) is 22.9 Å². The third kappa shape index (κ3) is 4.60. The van der Waals surface area contributed by atoms with Crippen molar-refractivity contribution in [1.82, 2.24) is 25.2 Å². The minimum Gasteiger partial charge on any atom is -0.439 e. The van der Waals surface area contributed by atoms with Gasteiger partial charge in [-0.15, -0.1) is 0 Å². The van der Waals surface area contributed by atoms with Crippen molar-refractivity contribution in [3.63, 3.8) is 0 Å². The van der Waals surface area contributed by atoms with E-state index in [9.17, 15) is 4.79 Å². The molecule has 3 aromatic rings. The standard InChI is InChI=1S/C20H24ClN5O3/c1-12-16(20(26(5)23-12)28-15-8-6-14(21)7-9-15)18-17(13(2)29-24-18)19(27)22-10-11-25(3)4/h6-9H,10-11H2,1-5H3,(H,22,27). The Hall–Kier alpha value is -2.84. The Morgan fingerprint density at radius 3 is 2.62 bits per heavy atom. The number of amides is 1. The van der Waals surface area contributed by atoms with Crippen molar-refractivity contribution in [3.05, 3.63) is 46.3 Å². The molecule has 0 aliphatic heterocycles. The van der Waals surface area contributed by atoms with Crippen molar-refractivity contribution in [2.75, 3.05) is 27.2 Å². The van der Waals surface area contributed by atoms with E-state index in [1.54, 1.807) is 42.9 Å². The minimum absolute atomic E-state index is 0.249. The normalized spacial score (nSPS) is 11.1. The average Bonchev–Trinajstić information content (AvgIpc) is 3.15. The van der Waals surface area contributed by atoms with E-state index in [4.69, 9.17) is 20.9 Å². The highest BCUT2D eigenvalue weighted by Crippen LogP contribution is 2.37. The lowest BCUT2D eigenvalue weighted by Gasteiger charge is -2.11. The first kappa shape index (κ1) is 20.9. The number of nitrogens with one attached hydrogen (secondary N) is 1. The predicted octanol–water partition coefficient (Wildman–Crippen LogP) is 3.43. The van der Waals surface area contributed by atoms with Gasteiger partial charge in [-0.05, 0) is 52.2 Å². The number of rotatable bonds is 7. The van der Waals surface area contributed by atoms with Gasteiger partial charge in [-0.1, -0.05) is 16.8 Å². The zero-order valence-electron chi connectivity index (χ0n) is 17.1. The predicted molar refractivity (Wildman–Crippen MR) is 111 cm³/mol. The first-order chi connectivity index (χ1) is 13.8. The van der Waals surface area contributed by atoms with Gasteiger partial charge in [-0.25, -0.2) is 4.68 Å². The summed E-state index contributed by atoms with van der Waals surface area (Å²) < 4.78 is 13.0. The van der Waals surface area contributed by atoms with Crippen LogP contribution in [-0.4, -0.2) is 52.9 Å². The number of hydrogen-bond acceptors (Lipinski definition) is 6. The number of hydrogen-bond donors (Lipinski definition) is 1. The molecule has 154 valence electrons. The number of likely N-dealkylation sites (N-methyl/N-ethyl adjacent to an activating group) is 1. The number of ether oxygens (including phenoxy) is 1. The molecule has 0 aliphatic rings. The maximum Gasteiger partial charge on any atom is 0.257 e. The molecule has 0 bridgehead atoms. The van der Waals surface area contributed by atoms with E-state index in [-0.39, 0.29) is 5.91 Å². The quantitative estimate of drug-likeness (QED) is 0.633. The molecule has 0 spiro atoms. The fourth-order valence-electron chi connectivity index (χ4n) is 2.93. The molecule has 0 saturated carbocycles. The van der Waals surface area contributed by atoms with E-state index in [2.05, 4.69) is 15.6 Å². The fraction of sp³-hybridized carbons (Fsp3) is 0.350. The minimum atomic E-state index is -0.249. The number of halogens is 1. The number of carbonyl (C=O) groups is 1. The summed E-state index contributed by atoms with van der Waals surface area (Å²) in [5.41, 5.74) is 2.06. The first-order valence-corrected chi connectivity index (χ1v) is 9.52. The zero-order chi connectivity index (χ0) is 21.1. The molecule has 3 rings (SSSR count). The van der Waals surface area contributed by atoms with Crippen molar-refractivity contribution in [2.45, 2.75) is 13.8 Å². The van der Waals surface area contributed by atoms with E-state index in [1.165, 1.54) is 0 Å². The van der Waals surface area contributed by atoms with E-state index >= 15 is 0 Å². The lowest BCUT2D eigenvalue weighted by molar-refractivity contribution is 0.0950. The SMILES string of the molecule is Cc1nn(C)c(Oc2ccc(Cl)cc2)c1-c1noc(C)c1C(=O)NCCN(C)C. The molecule has 0 atom stereocenters. The highest BCUT2D eigenvalue weighted by atomic mass is 35.5. The Morgan fingerprint density at radius 1 is 1.28 bits per heavy atom. The van der Waals surface area contributed by atoms with E-state index in [0.29, 0.717) is 51.5 Å². The third-order valence-electron chi connectivity index (χ3n) is 4.37. The Labute approximate surface area is 174 Å². The summed E-state index contributed by atoms with van der Waals surface area (Å²) in [6.45, 7) is 4.78.